The Morgan fingerprint density at radius 2 is 1.00 bits per heavy atom. The molecule has 3 heteroatoms. The predicted octanol–water partition coefficient (Wildman–Crippen LogP) is 2.03. The van der Waals surface area contributed by atoms with Crippen LogP contribution in [0.5, 0.6) is 0 Å². The van der Waals surface area contributed by atoms with E-state index in [0.717, 1.165) is 4.44 Å². The Balaban J connectivity index is 2.26. The molecule has 1 amide bonds. The van der Waals surface area contributed by atoms with Crippen molar-refractivity contribution in [3.63, 3.8) is 0 Å². The number of hydrogen-bond acceptors (Lipinski definition) is 1. The quantitative estimate of drug-likeness (QED) is 0.608. The van der Waals surface area contributed by atoms with Crippen molar-refractivity contribution in [2.75, 3.05) is 0 Å². The number of benzene rings is 3. The van der Waals surface area contributed by atoms with Crippen LogP contribution in [0, 0.1) is 0 Å². The zero-order valence-electron chi connectivity index (χ0n) is 13.6. The summed E-state index contributed by atoms with van der Waals surface area (Å²) in [5.74, 6) is -0.223. The first kappa shape index (κ1) is 16.8. The van der Waals surface area contributed by atoms with Gasteiger partial charge in [-0.1, -0.05) is 0 Å². The van der Waals surface area contributed by atoms with Gasteiger partial charge in [0.05, 0.1) is 0 Å². The van der Waals surface area contributed by atoms with Crippen LogP contribution in [0.4, 0.5) is 0 Å². The number of carbonyl (C=O) groups excluding carboxylic acids is 1. The van der Waals surface area contributed by atoms with Gasteiger partial charge in [-0.15, -0.1) is 0 Å². The van der Waals surface area contributed by atoms with Crippen molar-refractivity contribution in [3.05, 3.63) is 91.0 Å². The average molecular weight is 422 g/mol. The fraction of sp³-hybridized carbons (Fsp3) is 0.0952. The van der Waals surface area contributed by atoms with Crippen LogP contribution in [0.25, 0.3) is 0 Å². The molecule has 0 bridgehead atoms. The monoisotopic (exact) mass is 423 g/mol. The normalized spacial score (nSPS) is 11.2. The van der Waals surface area contributed by atoms with Gasteiger partial charge >= 0.3 is 147 Å². The molecule has 2 N–H and O–H groups in total. The number of carbonyl (C=O) groups is 1. The summed E-state index contributed by atoms with van der Waals surface area (Å²) in [7, 11) is 0. The van der Waals surface area contributed by atoms with E-state index in [0.29, 0.717) is 6.42 Å². The van der Waals surface area contributed by atoms with Crippen LogP contribution in [0.15, 0.2) is 91.0 Å². The van der Waals surface area contributed by atoms with E-state index in [2.05, 4.69) is 72.8 Å². The molecule has 0 fully saturated rings. The molecule has 3 rings (SSSR count). The van der Waals surface area contributed by atoms with E-state index >= 15 is 0 Å². The van der Waals surface area contributed by atoms with Gasteiger partial charge in [-0.05, 0) is 0 Å². The first-order chi connectivity index (χ1) is 11.7. The van der Waals surface area contributed by atoms with Crippen molar-refractivity contribution in [1.82, 2.24) is 0 Å². The first-order valence-electron chi connectivity index (χ1n) is 8.18. The molecule has 0 aliphatic heterocycles. The Morgan fingerprint density at radius 1 is 0.667 bits per heavy atom. The summed E-state index contributed by atoms with van der Waals surface area (Å²) in [6.07, 6.45) is 0.425. The summed E-state index contributed by atoms with van der Waals surface area (Å²) in [6.45, 7) is 0. The van der Waals surface area contributed by atoms with Gasteiger partial charge in [0.1, 0.15) is 0 Å². The Bertz CT molecular complexity index is 691. The molecule has 0 heterocycles. The number of rotatable bonds is 6. The topological polar surface area (TPSA) is 43.1 Å². The van der Waals surface area contributed by atoms with E-state index in [1.165, 1.54) is 10.7 Å². The molecule has 0 aliphatic carbocycles. The molecule has 0 aliphatic rings. The van der Waals surface area contributed by atoms with Gasteiger partial charge in [-0.2, -0.15) is 0 Å². The Hall–Kier alpha value is -2.07. The number of nitrogens with two attached hydrogens (primary N) is 1. The van der Waals surface area contributed by atoms with Gasteiger partial charge in [-0.25, -0.2) is 0 Å². The van der Waals surface area contributed by atoms with Crippen LogP contribution in [-0.2, 0) is 4.79 Å². The Labute approximate surface area is 147 Å². The molecule has 2 nitrogen and oxygen atoms in total. The maximum atomic E-state index is 11.6. The minimum absolute atomic E-state index is 0.223. The number of primary amides is 1. The molecule has 0 saturated heterocycles. The van der Waals surface area contributed by atoms with Crippen molar-refractivity contribution in [2.45, 2.75) is 10.9 Å². The van der Waals surface area contributed by atoms with Crippen LogP contribution in [0.1, 0.15) is 6.42 Å². The van der Waals surface area contributed by atoms with E-state index in [9.17, 15) is 4.79 Å². The second-order valence-corrected chi connectivity index (χ2v) is 17.5. The Kier molecular flexibility index (Phi) is 5.36. The zero-order chi connectivity index (χ0) is 16.8. The fourth-order valence-electron chi connectivity index (χ4n) is 3.41. The molecule has 3 aromatic carbocycles. The third kappa shape index (κ3) is 3.38. The fourth-order valence-corrected chi connectivity index (χ4v) is 17.0. The molecular formula is C21H21NOSn. The van der Waals surface area contributed by atoms with E-state index < -0.39 is 18.4 Å². The van der Waals surface area contributed by atoms with Crippen molar-refractivity contribution in [1.29, 1.82) is 0 Å². The second-order valence-electron chi connectivity index (χ2n) is 5.97. The molecular weight excluding hydrogens is 401 g/mol. The molecule has 0 saturated carbocycles. The molecule has 0 unspecified atom stereocenters. The summed E-state index contributed by atoms with van der Waals surface area (Å²) in [6, 6.07) is 32.0. The van der Waals surface area contributed by atoms with Crippen LogP contribution in [0.3, 0.4) is 0 Å². The van der Waals surface area contributed by atoms with Gasteiger partial charge in [0.25, 0.3) is 0 Å². The van der Waals surface area contributed by atoms with Gasteiger partial charge in [0, 0.05) is 0 Å². The van der Waals surface area contributed by atoms with Crippen LogP contribution >= 0.6 is 0 Å². The van der Waals surface area contributed by atoms with Gasteiger partial charge in [-0.3, -0.25) is 0 Å². The van der Waals surface area contributed by atoms with Gasteiger partial charge in [0.2, 0.25) is 0 Å². The van der Waals surface area contributed by atoms with Gasteiger partial charge in [0.15, 0.2) is 0 Å². The van der Waals surface area contributed by atoms with Crippen molar-refractivity contribution >= 4 is 35.0 Å². The summed E-state index contributed by atoms with van der Waals surface area (Å²) in [5, 5.41) is 0. The summed E-state index contributed by atoms with van der Waals surface area (Å²) < 4.78 is 4.99. The summed E-state index contributed by atoms with van der Waals surface area (Å²) in [5.41, 5.74) is 5.53. The molecule has 0 atom stereocenters. The van der Waals surface area contributed by atoms with Crippen molar-refractivity contribution < 1.29 is 4.79 Å². The number of amides is 1. The van der Waals surface area contributed by atoms with E-state index in [4.69, 9.17) is 5.73 Å². The third-order valence-electron chi connectivity index (χ3n) is 4.55. The SMILES string of the molecule is NC(=O)C[CH2][Sn]([c]1ccccc1)([c]1ccccc1)[c]1ccccc1. The molecule has 0 radical (unpaired) electrons. The summed E-state index contributed by atoms with van der Waals surface area (Å²) in [4.78, 5) is 11.6. The molecule has 0 spiro atoms. The minimum atomic E-state index is -3.26. The molecule has 0 aromatic heterocycles. The molecule has 3 aromatic rings. The predicted molar refractivity (Wildman–Crippen MR) is 103 cm³/mol. The van der Waals surface area contributed by atoms with Crippen molar-refractivity contribution in [2.24, 2.45) is 5.73 Å². The van der Waals surface area contributed by atoms with Crippen LogP contribution in [-0.4, -0.2) is 24.3 Å². The van der Waals surface area contributed by atoms with E-state index in [-0.39, 0.29) is 5.91 Å². The van der Waals surface area contributed by atoms with Crippen LogP contribution in [0.2, 0.25) is 4.44 Å². The van der Waals surface area contributed by atoms with Gasteiger partial charge < -0.3 is 0 Å². The first-order valence-corrected chi connectivity index (χ1v) is 14.5. The average Bonchev–Trinajstić information content (AvgIpc) is 2.65. The summed E-state index contributed by atoms with van der Waals surface area (Å²) >= 11 is -3.26. The van der Waals surface area contributed by atoms with E-state index in [1.54, 1.807) is 0 Å². The molecule has 120 valence electrons. The third-order valence-corrected chi connectivity index (χ3v) is 18.7. The second kappa shape index (κ2) is 7.67. The number of hydrogen-bond donors (Lipinski definition) is 1. The zero-order valence-corrected chi connectivity index (χ0v) is 16.4. The maximum absolute atomic E-state index is 11.6. The van der Waals surface area contributed by atoms with Crippen LogP contribution < -0.4 is 16.5 Å². The molecule has 24 heavy (non-hydrogen) atoms. The Morgan fingerprint density at radius 3 is 1.29 bits per heavy atom. The van der Waals surface area contributed by atoms with Crippen molar-refractivity contribution in [3.8, 4) is 0 Å². The van der Waals surface area contributed by atoms with E-state index in [1.807, 2.05) is 18.2 Å². The standard InChI is InChI=1S/3C6H5.C3H6NO.Sn/c3*1-2-4-6-5-3-1;1-2-3(4)5;/h3*1-5H;1-2H2,(H2,4,5);.